The van der Waals surface area contributed by atoms with Gasteiger partial charge in [-0.25, -0.2) is 4.79 Å². The quantitative estimate of drug-likeness (QED) is 0.0173. The molecule has 1 aromatic carbocycles. The molecule has 0 heterocycles. The van der Waals surface area contributed by atoms with Crippen LogP contribution in [-0.4, -0.2) is 183 Å². The number of carboxylic acid groups (broad SMARTS) is 2. The van der Waals surface area contributed by atoms with Crippen molar-refractivity contribution in [1.82, 2.24) is 42.5 Å². The van der Waals surface area contributed by atoms with Gasteiger partial charge in [-0.1, -0.05) is 64.4 Å². The Kier molecular flexibility index (Phi) is 28.8. The largest absolute Gasteiger partial charge is 0.481 e. The second kappa shape index (κ2) is 32.9. The topological polar surface area (TPSA) is 479 Å². The van der Waals surface area contributed by atoms with Gasteiger partial charge in [0.25, 0.3) is 0 Å². The lowest BCUT2D eigenvalue weighted by molar-refractivity contribution is -0.144. The minimum atomic E-state index is -1.93. The first-order valence-corrected chi connectivity index (χ1v) is 23.5. The van der Waals surface area contributed by atoms with E-state index in [1.807, 2.05) is 5.32 Å². The molecule has 0 unspecified atom stereocenters. The highest BCUT2D eigenvalue weighted by Crippen LogP contribution is 2.12. The van der Waals surface area contributed by atoms with Gasteiger partial charge >= 0.3 is 11.9 Å². The van der Waals surface area contributed by atoms with Gasteiger partial charge in [-0.15, -0.1) is 0 Å². The number of benzene rings is 1. The Morgan fingerprint density at radius 3 is 1.49 bits per heavy atom. The highest BCUT2D eigenvalue weighted by Gasteiger charge is 2.37. The third-order valence-corrected chi connectivity index (χ3v) is 11.1. The van der Waals surface area contributed by atoms with Crippen LogP contribution >= 0.6 is 0 Å². The highest BCUT2D eigenvalue weighted by atomic mass is 16.4. The Labute approximate surface area is 421 Å². The molecule has 0 aliphatic carbocycles. The summed E-state index contributed by atoms with van der Waals surface area (Å²) in [4.78, 5) is 134. The Morgan fingerprint density at radius 2 is 1.01 bits per heavy atom. The number of amides is 8. The molecular formula is C45H74N12O16. The SMILES string of the molecule is CC[C@H](C)[C@H](NC(=O)[C@H](CO)NC(=O)[C@H](CC(C)C)NC(=O)[C@H](CCCN=C(N)N)NC(=O)[C@@H](N)Cc1ccccc1)C(=O)N[C@@H](CO)C(=O)N[C@H](C(=O)N[C@@H](CCC(=O)O)C(=O)N[C@@H](CO)C(=O)O)[C@@H](C)O. The number of nitrogens with two attached hydrogens (primary N) is 3. The van der Waals surface area contributed by atoms with Crippen molar-refractivity contribution in [2.24, 2.45) is 34.0 Å². The molecule has 0 aliphatic heterocycles. The number of carbonyl (C=O) groups is 10. The molecule has 0 saturated heterocycles. The summed E-state index contributed by atoms with van der Waals surface area (Å²) in [5.41, 5.74) is 17.8. The number of hydrogen-bond acceptors (Lipinski definition) is 16. The maximum Gasteiger partial charge on any atom is 0.328 e. The van der Waals surface area contributed by atoms with Crippen molar-refractivity contribution in [2.45, 2.75) is 140 Å². The molecule has 0 fully saturated rings. The molecule has 0 radical (unpaired) electrons. The van der Waals surface area contributed by atoms with Gasteiger partial charge in [-0.3, -0.25) is 48.1 Å². The van der Waals surface area contributed by atoms with Crippen LogP contribution < -0.4 is 59.7 Å². The Morgan fingerprint density at radius 1 is 0.575 bits per heavy atom. The molecule has 0 aliphatic rings. The molecule has 73 heavy (non-hydrogen) atoms. The summed E-state index contributed by atoms with van der Waals surface area (Å²) in [6, 6.07) is -5.34. The van der Waals surface area contributed by atoms with Crippen LogP contribution in [0.15, 0.2) is 35.3 Å². The van der Waals surface area contributed by atoms with Crippen molar-refractivity contribution < 1.29 is 78.6 Å². The number of carboxylic acids is 2. The average molecular weight is 1040 g/mol. The van der Waals surface area contributed by atoms with E-state index >= 15 is 0 Å². The number of nitrogens with zero attached hydrogens (tertiary/aromatic N) is 1. The van der Waals surface area contributed by atoms with Crippen molar-refractivity contribution in [2.75, 3.05) is 26.4 Å². The van der Waals surface area contributed by atoms with Crippen LogP contribution in [0, 0.1) is 11.8 Å². The number of carbonyl (C=O) groups excluding carboxylic acids is 8. The van der Waals surface area contributed by atoms with Crippen LogP contribution in [0.5, 0.6) is 0 Å². The standard InChI is InChI=1S/C45H74N12O16/c1-6-23(4)34(42(70)54-31(20-59)41(69)57-35(24(5)61)43(71)51-28(14-15-33(62)63)38(66)55-32(21-60)44(72)73)56-40(68)30(19-58)53-39(67)29(17-22(2)3)52-37(65)27(13-10-16-49-45(47)48)50-36(64)26(46)18-25-11-8-7-9-12-25/h7-9,11-12,22-24,26-32,34-35,58-61H,6,10,13-21,46H2,1-5H3,(H,50,64)(H,51,71)(H,52,65)(H,53,67)(H,54,70)(H,55,66)(H,56,68)(H,57,69)(H,62,63)(H,72,73)(H4,47,48,49)/t23-,24+,26-,27-,28-,29-,30-,31-,32-,34-,35-/m0/s1. The third-order valence-electron chi connectivity index (χ3n) is 11.1. The summed E-state index contributed by atoms with van der Waals surface area (Å²) in [6.45, 7) is 4.62. The van der Waals surface area contributed by atoms with Crippen LogP contribution in [0.3, 0.4) is 0 Å². The number of aliphatic imine (C=N–C) groups is 1. The van der Waals surface area contributed by atoms with Crippen LogP contribution in [-0.2, 0) is 54.4 Å². The molecule has 28 nitrogen and oxygen atoms in total. The smallest absolute Gasteiger partial charge is 0.328 e. The summed E-state index contributed by atoms with van der Waals surface area (Å²) in [6.07, 6.45) is -2.43. The van der Waals surface area contributed by atoms with E-state index < -0.39 is 158 Å². The Hall–Kier alpha value is -7.01. The second-order valence-electron chi connectivity index (χ2n) is 17.7. The lowest BCUT2D eigenvalue weighted by atomic mass is 9.97. The van der Waals surface area contributed by atoms with Crippen molar-refractivity contribution in [3.05, 3.63) is 35.9 Å². The van der Waals surface area contributed by atoms with Gasteiger partial charge in [0, 0.05) is 13.0 Å². The lowest BCUT2D eigenvalue weighted by Gasteiger charge is -2.29. The van der Waals surface area contributed by atoms with Crippen molar-refractivity contribution in [3.8, 4) is 0 Å². The summed E-state index contributed by atoms with van der Waals surface area (Å²) < 4.78 is 0. The van der Waals surface area contributed by atoms with Gasteiger partial charge in [0.15, 0.2) is 5.96 Å². The summed E-state index contributed by atoms with van der Waals surface area (Å²) >= 11 is 0. The zero-order valence-corrected chi connectivity index (χ0v) is 41.5. The van der Waals surface area contributed by atoms with Gasteiger partial charge in [-0.2, -0.15) is 0 Å². The highest BCUT2D eigenvalue weighted by molar-refractivity contribution is 5.98. The fourth-order valence-electron chi connectivity index (χ4n) is 6.78. The zero-order valence-electron chi connectivity index (χ0n) is 41.5. The molecule has 0 aromatic heterocycles. The molecule has 0 spiro atoms. The van der Waals surface area contributed by atoms with Gasteiger partial charge in [0.1, 0.15) is 48.3 Å². The first kappa shape index (κ1) is 64.0. The predicted octanol–water partition coefficient (Wildman–Crippen LogP) is -6.11. The molecule has 0 bridgehead atoms. The summed E-state index contributed by atoms with van der Waals surface area (Å²) in [7, 11) is 0. The number of hydrogen-bond donors (Lipinski definition) is 17. The normalized spacial score (nSPS) is 15.6. The van der Waals surface area contributed by atoms with Crippen LogP contribution in [0.4, 0.5) is 0 Å². The third kappa shape index (κ3) is 23.4. The van der Waals surface area contributed by atoms with E-state index in [4.69, 9.17) is 22.3 Å². The summed E-state index contributed by atoms with van der Waals surface area (Å²) in [5, 5.41) is 77.0. The first-order chi connectivity index (χ1) is 34.3. The molecular weight excluding hydrogens is 965 g/mol. The molecule has 28 heteroatoms. The molecule has 1 aromatic rings. The molecule has 0 saturated carbocycles. The van der Waals surface area contributed by atoms with E-state index in [9.17, 15) is 73.5 Å². The van der Waals surface area contributed by atoms with E-state index in [2.05, 4.69) is 42.2 Å². The Bertz CT molecular complexity index is 2040. The zero-order chi connectivity index (χ0) is 55.5. The van der Waals surface area contributed by atoms with E-state index in [0.717, 1.165) is 12.5 Å². The van der Waals surface area contributed by atoms with Crippen LogP contribution in [0.2, 0.25) is 0 Å². The van der Waals surface area contributed by atoms with Crippen molar-refractivity contribution in [1.29, 1.82) is 0 Å². The maximum absolute atomic E-state index is 13.8. The number of nitrogens with one attached hydrogen (secondary N) is 8. The fraction of sp³-hybridized carbons (Fsp3) is 0.622. The average Bonchev–Trinajstić information content (AvgIpc) is 3.33. The van der Waals surface area contributed by atoms with Gasteiger partial charge in [0.2, 0.25) is 47.3 Å². The number of aliphatic carboxylic acids is 2. The van der Waals surface area contributed by atoms with E-state index in [-0.39, 0.29) is 50.5 Å². The monoisotopic (exact) mass is 1040 g/mol. The lowest BCUT2D eigenvalue weighted by Crippen LogP contribution is -2.63. The molecule has 20 N–H and O–H groups in total. The van der Waals surface area contributed by atoms with Crippen molar-refractivity contribution in [3.63, 3.8) is 0 Å². The van der Waals surface area contributed by atoms with E-state index in [1.165, 1.54) is 6.92 Å². The maximum atomic E-state index is 13.8. The second-order valence-corrected chi connectivity index (χ2v) is 17.7. The molecule has 1 rings (SSSR count). The first-order valence-electron chi connectivity index (χ1n) is 23.5. The Balaban J connectivity index is 3.27. The molecule has 8 amide bonds. The number of aliphatic hydroxyl groups is 4. The number of aliphatic hydroxyl groups excluding tert-OH is 4. The number of rotatable bonds is 34. The molecule has 410 valence electrons. The van der Waals surface area contributed by atoms with E-state index in [0.29, 0.717) is 0 Å². The summed E-state index contributed by atoms with van der Waals surface area (Å²) in [5.74, 6) is -12.5. The van der Waals surface area contributed by atoms with E-state index in [1.54, 1.807) is 51.1 Å². The fourth-order valence-corrected chi connectivity index (χ4v) is 6.78. The van der Waals surface area contributed by atoms with Crippen LogP contribution in [0.1, 0.15) is 78.7 Å². The van der Waals surface area contributed by atoms with Gasteiger partial charge in [0.05, 0.1) is 32.0 Å². The minimum absolute atomic E-state index is 0.0120. The van der Waals surface area contributed by atoms with Gasteiger partial charge in [-0.05, 0) is 56.4 Å². The molecule has 11 atom stereocenters. The van der Waals surface area contributed by atoms with Crippen LogP contribution in [0.25, 0.3) is 0 Å². The van der Waals surface area contributed by atoms with Crippen molar-refractivity contribution >= 4 is 65.2 Å². The predicted molar refractivity (Wildman–Crippen MR) is 260 cm³/mol. The van der Waals surface area contributed by atoms with Gasteiger partial charge < -0.3 is 90.4 Å². The minimum Gasteiger partial charge on any atom is -0.481 e. The number of guanidine groups is 1.